The van der Waals surface area contributed by atoms with Gasteiger partial charge in [-0.05, 0) is 36.4 Å². The summed E-state index contributed by atoms with van der Waals surface area (Å²) in [6.07, 6.45) is 0. The number of nitrogens with zero attached hydrogens (tertiary/aromatic N) is 3. The number of thiophene rings is 1. The van der Waals surface area contributed by atoms with Crippen LogP contribution in [0.15, 0.2) is 127 Å². The van der Waals surface area contributed by atoms with Gasteiger partial charge in [0.05, 0.1) is 39.0 Å². The number of para-hydroxylation sites is 4. The lowest BCUT2D eigenvalue weighted by Gasteiger charge is -2.17. The molecule has 0 radical (unpaired) electrons. The molecule has 0 aliphatic heterocycles. The van der Waals surface area contributed by atoms with Gasteiger partial charge < -0.3 is 9.13 Å². The first kappa shape index (κ1) is 22.4. The number of rotatable bonds is 2. The molecular formula is C37H21N3S. The van der Waals surface area contributed by atoms with Crippen molar-refractivity contribution in [3.63, 3.8) is 0 Å². The lowest BCUT2D eigenvalue weighted by atomic mass is 10.1. The molecule has 41 heavy (non-hydrogen) atoms. The van der Waals surface area contributed by atoms with Crippen LogP contribution < -0.4 is 0 Å². The minimum atomic E-state index is 0.646. The lowest BCUT2D eigenvalue weighted by Crippen LogP contribution is -1.99. The van der Waals surface area contributed by atoms with Crippen LogP contribution in [0.1, 0.15) is 0 Å². The first-order chi connectivity index (χ1) is 20.3. The molecule has 0 aliphatic rings. The van der Waals surface area contributed by atoms with Gasteiger partial charge in [-0.15, -0.1) is 11.3 Å². The Hall–Kier alpha value is -5.37. The van der Waals surface area contributed by atoms with E-state index in [4.69, 9.17) is 6.57 Å². The van der Waals surface area contributed by atoms with Gasteiger partial charge in [-0.25, -0.2) is 4.85 Å². The zero-order valence-electron chi connectivity index (χ0n) is 21.9. The van der Waals surface area contributed by atoms with Crippen LogP contribution in [0.5, 0.6) is 0 Å². The molecule has 0 bridgehead atoms. The number of aromatic nitrogens is 2. The molecule has 9 rings (SSSR count). The Balaban J connectivity index is 1.53. The Labute approximate surface area is 239 Å². The third-order valence-corrected chi connectivity index (χ3v) is 9.51. The van der Waals surface area contributed by atoms with E-state index < -0.39 is 0 Å². The Bertz CT molecular complexity index is 2450. The van der Waals surface area contributed by atoms with Crippen molar-refractivity contribution in [2.24, 2.45) is 0 Å². The molecule has 3 nitrogen and oxygen atoms in total. The standard InChI is InChI=1S/C37H21N3S/c1-38-28-22-33(39-29-17-7-2-12-23(29)24-13-3-8-18-30(24)39)35-27-16-6-11-21-34(27)41-37(35)36(28)40-31-19-9-4-14-25(31)26-15-5-10-20-32(26)40/h2-22H. The fraction of sp³-hybridized carbons (Fsp3) is 0. The average molecular weight is 540 g/mol. The van der Waals surface area contributed by atoms with Crippen molar-refractivity contribution < 1.29 is 0 Å². The quantitative estimate of drug-likeness (QED) is 0.194. The van der Waals surface area contributed by atoms with Gasteiger partial charge in [0.2, 0.25) is 5.69 Å². The van der Waals surface area contributed by atoms with Crippen LogP contribution in [0, 0.1) is 6.57 Å². The molecule has 3 heterocycles. The second kappa shape index (κ2) is 8.32. The van der Waals surface area contributed by atoms with Crippen molar-refractivity contribution in [1.29, 1.82) is 0 Å². The first-order valence-electron chi connectivity index (χ1n) is 13.7. The molecule has 0 aliphatic carbocycles. The van der Waals surface area contributed by atoms with Crippen LogP contribution in [0.4, 0.5) is 5.69 Å². The molecule has 9 aromatic rings. The van der Waals surface area contributed by atoms with Crippen molar-refractivity contribution >= 4 is 80.8 Å². The Morgan fingerprint density at radius 2 is 0.951 bits per heavy atom. The third-order valence-electron chi connectivity index (χ3n) is 8.33. The number of hydrogen-bond donors (Lipinski definition) is 0. The molecule has 0 spiro atoms. The maximum Gasteiger partial charge on any atom is 0.214 e. The summed E-state index contributed by atoms with van der Waals surface area (Å²) >= 11 is 1.78. The smallest absolute Gasteiger partial charge is 0.214 e. The van der Waals surface area contributed by atoms with Crippen LogP contribution in [0.3, 0.4) is 0 Å². The minimum absolute atomic E-state index is 0.646. The lowest BCUT2D eigenvalue weighted by molar-refractivity contribution is 1.18. The summed E-state index contributed by atoms with van der Waals surface area (Å²) in [6.45, 7) is 8.47. The largest absolute Gasteiger partial charge is 0.318 e. The van der Waals surface area contributed by atoms with E-state index in [1.165, 1.54) is 37.0 Å². The Morgan fingerprint density at radius 3 is 1.46 bits per heavy atom. The van der Waals surface area contributed by atoms with Gasteiger partial charge >= 0.3 is 0 Å². The van der Waals surface area contributed by atoms with E-state index >= 15 is 0 Å². The monoisotopic (exact) mass is 539 g/mol. The van der Waals surface area contributed by atoms with Crippen LogP contribution in [0.2, 0.25) is 0 Å². The number of benzene rings is 6. The van der Waals surface area contributed by atoms with Gasteiger partial charge in [0.15, 0.2) is 0 Å². The second-order valence-corrected chi connectivity index (χ2v) is 11.5. The van der Waals surface area contributed by atoms with Gasteiger partial charge in [0.25, 0.3) is 0 Å². The molecule has 0 saturated heterocycles. The summed E-state index contributed by atoms with van der Waals surface area (Å²) in [7, 11) is 0. The maximum atomic E-state index is 8.47. The van der Waals surface area contributed by atoms with Crippen molar-refractivity contribution in [2.75, 3.05) is 0 Å². The van der Waals surface area contributed by atoms with Crippen LogP contribution in [-0.4, -0.2) is 9.13 Å². The molecule has 0 amide bonds. The molecule has 0 N–H and O–H groups in total. The number of hydrogen-bond acceptors (Lipinski definition) is 1. The van der Waals surface area contributed by atoms with Gasteiger partial charge in [-0.2, -0.15) is 0 Å². The number of fused-ring (bicyclic) bond motifs is 9. The van der Waals surface area contributed by atoms with Crippen molar-refractivity contribution in [1.82, 2.24) is 9.13 Å². The highest BCUT2D eigenvalue weighted by Gasteiger charge is 2.24. The Morgan fingerprint density at radius 1 is 0.512 bits per heavy atom. The van der Waals surface area contributed by atoms with Crippen LogP contribution in [-0.2, 0) is 0 Å². The predicted molar refractivity (Wildman–Crippen MR) is 174 cm³/mol. The van der Waals surface area contributed by atoms with E-state index in [0.717, 1.165) is 38.1 Å². The summed E-state index contributed by atoms with van der Waals surface area (Å²) < 4.78 is 7.01. The van der Waals surface area contributed by atoms with Crippen molar-refractivity contribution in [3.8, 4) is 11.4 Å². The highest BCUT2D eigenvalue weighted by Crippen LogP contribution is 2.48. The van der Waals surface area contributed by atoms with Crippen LogP contribution >= 0.6 is 11.3 Å². The molecule has 0 saturated carbocycles. The zero-order chi connectivity index (χ0) is 27.1. The summed E-state index contributed by atoms with van der Waals surface area (Å²) in [5, 5.41) is 7.21. The van der Waals surface area contributed by atoms with E-state index in [1.54, 1.807) is 11.3 Å². The highest BCUT2D eigenvalue weighted by molar-refractivity contribution is 7.26. The van der Waals surface area contributed by atoms with Gasteiger partial charge in [-0.3, -0.25) is 0 Å². The SMILES string of the molecule is [C-]#[N+]c1cc(-n2c3ccccc3c3ccccc32)c2c(sc3ccccc32)c1-n1c2ccccc2c2ccccc21. The minimum Gasteiger partial charge on any atom is -0.318 e. The molecule has 190 valence electrons. The molecule has 0 fully saturated rings. The summed E-state index contributed by atoms with van der Waals surface area (Å²) in [5.41, 5.74) is 7.16. The predicted octanol–water partition coefficient (Wildman–Crippen LogP) is 10.8. The van der Waals surface area contributed by atoms with Crippen LogP contribution in [0.25, 0.3) is 80.0 Å². The van der Waals surface area contributed by atoms with E-state index in [2.05, 4.69) is 141 Å². The van der Waals surface area contributed by atoms with E-state index in [-0.39, 0.29) is 0 Å². The molecule has 6 aromatic carbocycles. The molecule has 3 aromatic heterocycles. The zero-order valence-corrected chi connectivity index (χ0v) is 22.7. The molecular weight excluding hydrogens is 518 g/mol. The average Bonchev–Trinajstić information content (AvgIpc) is 3.69. The normalized spacial score (nSPS) is 11.9. The highest BCUT2D eigenvalue weighted by atomic mass is 32.1. The molecule has 0 unspecified atom stereocenters. The van der Waals surface area contributed by atoms with Crippen molar-refractivity contribution in [3.05, 3.63) is 139 Å². The topological polar surface area (TPSA) is 14.2 Å². The van der Waals surface area contributed by atoms with Gasteiger partial charge in [0.1, 0.15) is 0 Å². The Kier molecular flexibility index (Phi) is 4.55. The fourth-order valence-electron chi connectivity index (χ4n) is 6.68. The first-order valence-corrected chi connectivity index (χ1v) is 14.5. The third kappa shape index (κ3) is 2.96. The summed E-state index contributed by atoms with van der Waals surface area (Å²) in [4.78, 5) is 4.21. The summed E-state index contributed by atoms with van der Waals surface area (Å²) in [5.74, 6) is 0. The summed E-state index contributed by atoms with van der Waals surface area (Å²) in [6, 6.07) is 45.0. The fourth-order valence-corrected chi connectivity index (χ4v) is 7.93. The van der Waals surface area contributed by atoms with E-state index in [1.807, 2.05) is 0 Å². The second-order valence-electron chi connectivity index (χ2n) is 10.4. The van der Waals surface area contributed by atoms with Gasteiger partial charge in [0, 0.05) is 42.7 Å². The maximum absolute atomic E-state index is 8.47. The van der Waals surface area contributed by atoms with E-state index in [9.17, 15) is 0 Å². The van der Waals surface area contributed by atoms with Gasteiger partial charge in [-0.1, -0.05) is 91.0 Å². The van der Waals surface area contributed by atoms with E-state index in [0.29, 0.717) is 5.69 Å². The molecule has 0 atom stereocenters. The molecule has 4 heteroatoms. The van der Waals surface area contributed by atoms with Crippen molar-refractivity contribution in [2.45, 2.75) is 0 Å².